The van der Waals surface area contributed by atoms with Gasteiger partial charge in [-0.3, -0.25) is 9.62 Å². The fourth-order valence-corrected chi connectivity index (χ4v) is 7.43. The molecule has 6 nitrogen and oxygen atoms in total. The van der Waals surface area contributed by atoms with Gasteiger partial charge in [0.05, 0.1) is 5.02 Å². The predicted octanol–water partition coefficient (Wildman–Crippen LogP) is 4.43. The zero-order valence-corrected chi connectivity index (χ0v) is 20.2. The van der Waals surface area contributed by atoms with Crippen LogP contribution in [0.1, 0.15) is 31.7 Å². The van der Waals surface area contributed by atoms with Gasteiger partial charge in [-0.05, 0) is 50.3 Å². The Kier molecular flexibility index (Phi) is 5.57. The van der Waals surface area contributed by atoms with E-state index in [9.17, 15) is 12.8 Å². The van der Waals surface area contributed by atoms with Crippen molar-refractivity contribution in [3.8, 4) is 0 Å². The van der Waals surface area contributed by atoms with E-state index in [-0.39, 0.29) is 21.8 Å². The molecule has 0 amide bonds. The lowest BCUT2D eigenvalue weighted by Crippen LogP contribution is -2.62. The average molecular weight is 497 g/mol. The summed E-state index contributed by atoms with van der Waals surface area (Å²) < 4.78 is 56.6. The number of halogens is 3. The molecule has 5 rings (SSSR count). The van der Waals surface area contributed by atoms with E-state index in [1.165, 1.54) is 24.6 Å². The van der Waals surface area contributed by atoms with Crippen molar-refractivity contribution in [3.05, 3.63) is 46.6 Å². The fraction of sp³-hybridized carbons (Fsp3) is 0.522. The van der Waals surface area contributed by atoms with Gasteiger partial charge in [-0.2, -0.15) is 4.39 Å². The number of rotatable bonds is 5. The summed E-state index contributed by atoms with van der Waals surface area (Å²) in [7, 11) is -4.40. The van der Waals surface area contributed by atoms with E-state index in [2.05, 4.69) is 26.4 Å². The zero-order valence-electron chi connectivity index (χ0n) is 18.6. The van der Waals surface area contributed by atoms with Crippen LogP contribution in [0.25, 0.3) is 0 Å². The Hall–Kier alpha value is -1.97. The van der Waals surface area contributed by atoms with Gasteiger partial charge in [0.1, 0.15) is 16.5 Å². The highest BCUT2D eigenvalue weighted by Crippen LogP contribution is 2.53. The third-order valence-corrected chi connectivity index (χ3v) is 9.32. The van der Waals surface area contributed by atoms with Crippen LogP contribution in [0.15, 0.2) is 29.2 Å². The number of hydrogen-bond donors (Lipinski definition) is 1. The van der Waals surface area contributed by atoms with Crippen molar-refractivity contribution in [1.29, 1.82) is 0 Å². The second kappa shape index (κ2) is 8.06. The van der Waals surface area contributed by atoms with Gasteiger partial charge >= 0.3 is 0 Å². The largest absolute Gasteiger partial charge is 0.371 e. The van der Waals surface area contributed by atoms with E-state index in [4.69, 9.17) is 11.6 Å². The minimum absolute atomic E-state index is 0.209. The molecule has 1 aliphatic carbocycles. The summed E-state index contributed by atoms with van der Waals surface area (Å²) in [4.78, 5) is 7.54. The number of nitrogens with one attached hydrogen (secondary N) is 1. The van der Waals surface area contributed by atoms with Crippen LogP contribution in [0.4, 0.5) is 20.3 Å². The highest BCUT2D eigenvalue weighted by Gasteiger charge is 2.54. The molecule has 2 atom stereocenters. The molecule has 0 radical (unpaired) electrons. The molecule has 0 unspecified atom stereocenters. The third kappa shape index (κ3) is 3.88. The molecule has 2 saturated heterocycles. The zero-order chi connectivity index (χ0) is 23.5. The molecule has 1 aromatic carbocycles. The number of sulfonamides is 1. The summed E-state index contributed by atoms with van der Waals surface area (Å²) in [6, 6.07) is 5.78. The van der Waals surface area contributed by atoms with Crippen LogP contribution in [0.3, 0.4) is 0 Å². The quantitative estimate of drug-likeness (QED) is 0.620. The van der Waals surface area contributed by atoms with Crippen molar-refractivity contribution in [2.24, 2.45) is 11.3 Å². The molecule has 2 aromatic rings. The first-order valence-corrected chi connectivity index (χ1v) is 13.1. The van der Waals surface area contributed by atoms with Crippen molar-refractivity contribution in [2.75, 3.05) is 35.8 Å². The van der Waals surface area contributed by atoms with Crippen LogP contribution in [-0.2, 0) is 10.0 Å². The lowest BCUT2D eigenvalue weighted by molar-refractivity contribution is -0.0650. The molecule has 0 bridgehead atoms. The molecule has 2 aliphatic heterocycles. The Morgan fingerprint density at radius 3 is 2.64 bits per heavy atom. The van der Waals surface area contributed by atoms with Crippen molar-refractivity contribution < 1.29 is 17.2 Å². The van der Waals surface area contributed by atoms with Gasteiger partial charge in [0.2, 0.25) is 5.95 Å². The topological polar surface area (TPSA) is 65.5 Å². The van der Waals surface area contributed by atoms with E-state index in [1.54, 1.807) is 6.92 Å². The van der Waals surface area contributed by atoms with Crippen LogP contribution in [0.5, 0.6) is 0 Å². The van der Waals surface area contributed by atoms with Gasteiger partial charge in [-0.25, -0.2) is 17.8 Å². The summed E-state index contributed by atoms with van der Waals surface area (Å²) in [5.74, 6) is -1.24. The van der Waals surface area contributed by atoms with Crippen LogP contribution in [0.2, 0.25) is 5.02 Å². The molecule has 1 N–H and O–H groups in total. The highest BCUT2D eigenvalue weighted by molar-refractivity contribution is 7.92. The molecule has 1 saturated carbocycles. The Bertz CT molecular complexity index is 1210. The molecule has 3 fully saturated rings. The normalized spacial score (nSPS) is 25.8. The van der Waals surface area contributed by atoms with E-state index >= 15 is 4.39 Å². The number of aromatic nitrogens is 1. The molecule has 1 spiro atoms. The third-order valence-electron chi connectivity index (χ3n) is 7.50. The number of anilines is 2. The molecule has 1 aromatic heterocycles. The van der Waals surface area contributed by atoms with Crippen molar-refractivity contribution in [1.82, 2.24) is 9.88 Å². The number of likely N-dealkylation sites (tertiary alicyclic amines) is 1. The molecule has 10 heteroatoms. The highest BCUT2D eigenvalue weighted by atomic mass is 35.5. The Labute approximate surface area is 198 Å². The van der Waals surface area contributed by atoms with E-state index in [1.807, 2.05) is 0 Å². The average Bonchev–Trinajstić information content (AvgIpc) is 3.16. The van der Waals surface area contributed by atoms with Crippen LogP contribution in [0, 0.1) is 30.0 Å². The first kappa shape index (κ1) is 22.8. The number of pyridine rings is 1. The van der Waals surface area contributed by atoms with E-state index < -0.39 is 26.7 Å². The summed E-state index contributed by atoms with van der Waals surface area (Å²) in [6.07, 6.45) is 3.39. The summed E-state index contributed by atoms with van der Waals surface area (Å²) >= 11 is 6.32. The number of hydrogen-bond acceptors (Lipinski definition) is 5. The van der Waals surface area contributed by atoms with Crippen LogP contribution >= 0.6 is 11.6 Å². The van der Waals surface area contributed by atoms with Gasteiger partial charge in [-0.15, -0.1) is 0 Å². The van der Waals surface area contributed by atoms with Gasteiger partial charge in [0.25, 0.3) is 10.0 Å². The number of nitrogens with zero attached hydrogens (tertiary/aromatic N) is 3. The van der Waals surface area contributed by atoms with Gasteiger partial charge in [0, 0.05) is 48.9 Å². The minimum Gasteiger partial charge on any atom is -0.371 e. The Morgan fingerprint density at radius 1 is 1.24 bits per heavy atom. The molecule has 3 heterocycles. The van der Waals surface area contributed by atoms with Crippen molar-refractivity contribution in [3.63, 3.8) is 0 Å². The van der Waals surface area contributed by atoms with Crippen LogP contribution < -0.4 is 9.62 Å². The monoisotopic (exact) mass is 496 g/mol. The molecule has 178 valence electrons. The summed E-state index contributed by atoms with van der Waals surface area (Å²) in [5, 5.41) is -0.209. The molecular weight excluding hydrogens is 470 g/mol. The second-order valence-electron chi connectivity index (χ2n) is 9.74. The van der Waals surface area contributed by atoms with E-state index in [0.29, 0.717) is 11.7 Å². The maximum atomic E-state index is 15.4. The number of benzene rings is 1. The van der Waals surface area contributed by atoms with Gasteiger partial charge in [-0.1, -0.05) is 24.6 Å². The SMILES string of the molecule is Cc1c(N2CC[C@@]3(CC[C@@H]3N3CC(C)C3)C2)cc(Cl)c(S(=O)(=O)Nc2cccc(F)n2)c1F. The van der Waals surface area contributed by atoms with Crippen LogP contribution in [-0.4, -0.2) is 50.5 Å². The standard InChI is InChI=1S/C23H27ClF2N4O2S/c1-14-11-30(12-14)18-6-7-23(18)8-9-29(13-23)17-10-16(24)22(21(26)15(17)2)33(31,32)28-20-5-3-4-19(25)27-20/h3-5,10,14,18H,6-9,11-13H2,1-2H3,(H,27,28)/t18-,23-/m0/s1. The molecular formula is C23H27ClF2N4O2S. The maximum Gasteiger partial charge on any atom is 0.267 e. The molecule has 3 aliphatic rings. The van der Waals surface area contributed by atoms with Crippen molar-refractivity contribution >= 4 is 33.1 Å². The predicted molar refractivity (Wildman–Crippen MR) is 124 cm³/mol. The first-order valence-electron chi connectivity index (χ1n) is 11.2. The first-order chi connectivity index (χ1) is 15.6. The van der Waals surface area contributed by atoms with E-state index in [0.717, 1.165) is 51.0 Å². The Morgan fingerprint density at radius 2 is 2.00 bits per heavy atom. The summed E-state index contributed by atoms with van der Waals surface area (Å²) in [6.45, 7) is 7.73. The lowest BCUT2D eigenvalue weighted by atomic mass is 9.62. The second-order valence-corrected chi connectivity index (χ2v) is 11.8. The maximum absolute atomic E-state index is 15.4. The summed E-state index contributed by atoms with van der Waals surface area (Å²) in [5.41, 5.74) is 1.07. The lowest BCUT2D eigenvalue weighted by Gasteiger charge is -2.57. The fourth-order valence-electron chi connectivity index (χ4n) is 5.74. The van der Waals surface area contributed by atoms with Gasteiger partial charge in [0.15, 0.2) is 0 Å². The Balaban J connectivity index is 1.40. The van der Waals surface area contributed by atoms with Gasteiger partial charge < -0.3 is 4.90 Å². The molecule has 33 heavy (non-hydrogen) atoms. The van der Waals surface area contributed by atoms with Crippen molar-refractivity contribution in [2.45, 2.75) is 44.0 Å². The smallest absolute Gasteiger partial charge is 0.267 e. The minimum atomic E-state index is -4.40.